The van der Waals surface area contributed by atoms with E-state index >= 15 is 0 Å². The second-order valence-corrected chi connectivity index (χ2v) is 4.07. The predicted molar refractivity (Wildman–Crippen MR) is 57.5 cm³/mol. The van der Waals surface area contributed by atoms with E-state index in [4.69, 9.17) is 0 Å². The fourth-order valence-electron chi connectivity index (χ4n) is 1.67. The van der Waals surface area contributed by atoms with Crippen molar-refractivity contribution in [1.82, 2.24) is 14.3 Å². The summed E-state index contributed by atoms with van der Waals surface area (Å²) in [4.78, 5) is 0. The first-order valence-corrected chi connectivity index (χ1v) is 5.62. The molecule has 18 heavy (non-hydrogen) atoms. The molecule has 0 N–H and O–H groups in total. The summed E-state index contributed by atoms with van der Waals surface area (Å²) in [5, 5.41) is 4.05. The van der Waals surface area contributed by atoms with Crippen LogP contribution in [0.25, 0.3) is 0 Å². The lowest BCUT2D eigenvalue weighted by Gasteiger charge is -2.03. The van der Waals surface area contributed by atoms with Gasteiger partial charge in [0.2, 0.25) is 6.33 Å². The third kappa shape index (κ3) is 3.90. The predicted octanol–water partition coefficient (Wildman–Crippen LogP) is 1.82. The third-order valence-electron chi connectivity index (χ3n) is 2.49. The second kappa shape index (κ2) is 5.24. The Morgan fingerprint density at radius 2 is 2.06 bits per heavy atom. The zero-order chi connectivity index (χ0) is 13.0. The molecule has 0 aromatic carbocycles. The molecule has 0 aliphatic rings. The minimum atomic E-state index is -4.07. The third-order valence-corrected chi connectivity index (χ3v) is 2.49. The quantitative estimate of drug-likeness (QED) is 0.752. The van der Waals surface area contributed by atoms with Crippen molar-refractivity contribution in [1.29, 1.82) is 0 Å². The lowest BCUT2D eigenvalue weighted by atomic mass is 10.3. The average molecular weight is 259 g/mol. The highest BCUT2D eigenvalue weighted by Crippen LogP contribution is 2.21. The summed E-state index contributed by atoms with van der Waals surface area (Å²) < 4.78 is 41.3. The smallest absolute Gasteiger partial charge is 0.237 e. The molecule has 0 amide bonds. The van der Waals surface area contributed by atoms with Crippen LogP contribution in [0.15, 0.2) is 37.2 Å². The summed E-state index contributed by atoms with van der Waals surface area (Å²) in [5.74, 6) is 0. The van der Waals surface area contributed by atoms with Gasteiger partial charge in [0, 0.05) is 18.8 Å². The van der Waals surface area contributed by atoms with E-state index in [2.05, 4.69) is 5.10 Å². The van der Waals surface area contributed by atoms with Crippen LogP contribution in [-0.2, 0) is 13.2 Å². The lowest BCUT2D eigenvalue weighted by Crippen LogP contribution is -2.35. The van der Waals surface area contributed by atoms with E-state index in [0.29, 0.717) is 13.2 Å². The van der Waals surface area contributed by atoms with Gasteiger partial charge in [0.05, 0.1) is 6.54 Å². The van der Waals surface area contributed by atoms with Gasteiger partial charge in [0.25, 0.3) is 0 Å². The van der Waals surface area contributed by atoms with Crippen molar-refractivity contribution in [3.8, 4) is 0 Å². The van der Waals surface area contributed by atoms with E-state index in [1.54, 1.807) is 28.0 Å². The van der Waals surface area contributed by atoms with Crippen LogP contribution >= 0.6 is 0 Å². The molecule has 0 bridgehead atoms. The van der Waals surface area contributed by atoms with Gasteiger partial charge in [-0.05, 0) is 12.5 Å². The number of aryl methyl sites for hydroxylation is 1. The van der Waals surface area contributed by atoms with Gasteiger partial charge in [-0.2, -0.15) is 18.3 Å². The number of aromatic nitrogens is 4. The largest absolute Gasteiger partial charge is 0.389 e. The molecule has 2 aromatic heterocycles. The van der Waals surface area contributed by atoms with Crippen molar-refractivity contribution in [2.45, 2.75) is 32.2 Å². The van der Waals surface area contributed by atoms with Gasteiger partial charge in [0.1, 0.15) is 12.4 Å². The highest BCUT2D eigenvalue weighted by Gasteiger charge is 2.26. The molecule has 0 unspecified atom stereocenters. The zero-order valence-corrected chi connectivity index (χ0v) is 9.72. The SMILES string of the molecule is FC(F)(F)CCCn1cc[n+](Cn2cccn2)c1. The summed E-state index contributed by atoms with van der Waals surface area (Å²) in [6, 6.07) is 1.82. The van der Waals surface area contributed by atoms with E-state index in [0.717, 1.165) is 0 Å². The molecule has 0 saturated heterocycles. The van der Waals surface area contributed by atoms with Gasteiger partial charge >= 0.3 is 6.18 Å². The maximum absolute atomic E-state index is 12.0. The molecule has 0 aliphatic heterocycles. The average Bonchev–Trinajstić information content (AvgIpc) is 2.89. The number of halogens is 3. The van der Waals surface area contributed by atoms with Crippen molar-refractivity contribution in [2.75, 3.05) is 0 Å². The fraction of sp³-hybridized carbons (Fsp3) is 0.455. The number of alkyl halides is 3. The Morgan fingerprint density at radius 1 is 1.22 bits per heavy atom. The van der Waals surface area contributed by atoms with Gasteiger partial charge in [-0.25, -0.2) is 13.8 Å². The Kier molecular flexibility index (Phi) is 3.69. The molecule has 0 aliphatic carbocycles. The maximum Gasteiger partial charge on any atom is 0.389 e. The molecule has 2 heterocycles. The van der Waals surface area contributed by atoms with Crippen LogP contribution in [0.3, 0.4) is 0 Å². The highest BCUT2D eigenvalue weighted by atomic mass is 19.4. The monoisotopic (exact) mass is 259 g/mol. The zero-order valence-electron chi connectivity index (χ0n) is 9.72. The molecule has 0 atom stereocenters. The Balaban J connectivity index is 1.83. The van der Waals surface area contributed by atoms with Gasteiger partial charge in [0.15, 0.2) is 6.67 Å². The molecule has 0 spiro atoms. The van der Waals surface area contributed by atoms with E-state index in [1.807, 2.05) is 23.0 Å². The number of hydrogen-bond donors (Lipinski definition) is 0. The Hall–Kier alpha value is -1.79. The maximum atomic E-state index is 12.0. The summed E-state index contributed by atoms with van der Waals surface area (Å²) in [6.07, 6.45) is 4.14. The molecule has 0 fully saturated rings. The topological polar surface area (TPSA) is 26.6 Å². The standard InChI is InChI=1S/C11H14F3N4/c12-11(13,14)3-1-5-16-7-8-17(9-16)10-18-6-2-4-15-18/h2,4,6-9H,1,3,5,10H2/q+1. The number of rotatable bonds is 5. The van der Waals surface area contributed by atoms with Crippen LogP contribution in [0.4, 0.5) is 13.2 Å². The number of nitrogens with zero attached hydrogens (tertiary/aromatic N) is 4. The molecule has 0 radical (unpaired) electrons. The van der Waals surface area contributed by atoms with E-state index in [1.165, 1.54) is 0 Å². The minimum absolute atomic E-state index is 0.0972. The molecular weight excluding hydrogens is 245 g/mol. The van der Waals surface area contributed by atoms with E-state index in [9.17, 15) is 13.2 Å². The van der Waals surface area contributed by atoms with E-state index in [-0.39, 0.29) is 6.42 Å². The Bertz CT molecular complexity index is 473. The van der Waals surface area contributed by atoms with Gasteiger partial charge < -0.3 is 0 Å². The summed E-state index contributed by atoms with van der Waals surface area (Å²) in [5.41, 5.74) is 0. The molecule has 2 aromatic rings. The van der Waals surface area contributed by atoms with Crippen molar-refractivity contribution in [3.63, 3.8) is 0 Å². The summed E-state index contributed by atoms with van der Waals surface area (Å²) >= 11 is 0. The summed E-state index contributed by atoms with van der Waals surface area (Å²) in [7, 11) is 0. The number of hydrogen-bond acceptors (Lipinski definition) is 1. The number of imidazole rings is 1. The lowest BCUT2D eigenvalue weighted by molar-refractivity contribution is -0.702. The first-order chi connectivity index (χ1) is 8.53. The molecular formula is C11H14F3N4+. The van der Waals surface area contributed by atoms with Crippen LogP contribution in [0.2, 0.25) is 0 Å². The minimum Gasteiger partial charge on any atom is -0.237 e. The van der Waals surface area contributed by atoms with Crippen molar-refractivity contribution >= 4 is 0 Å². The van der Waals surface area contributed by atoms with Crippen LogP contribution in [0.5, 0.6) is 0 Å². The molecule has 2 rings (SSSR count). The Morgan fingerprint density at radius 3 is 2.72 bits per heavy atom. The van der Waals surface area contributed by atoms with Gasteiger partial charge in [-0.1, -0.05) is 0 Å². The Labute approximate surface area is 102 Å². The van der Waals surface area contributed by atoms with Crippen molar-refractivity contribution in [3.05, 3.63) is 37.2 Å². The second-order valence-electron chi connectivity index (χ2n) is 4.07. The molecule has 4 nitrogen and oxygen atoms in total. The summed E-state index contributed by atoms with van der Waals surface area (Å²) in [6.45, 7) is 0.922. The van der Waals surface area contributed by atoms with Crippen LogP contribution in [-0.4, -0.2) is 20.5 Å². The highest BCUT2D eigenvalue weighted by molar-refractivity contribution is 4.76. The van der Waals surface area contributed by atoms with Crippen LogP contribution in [0, 0.1) is 0 Å². The van der Waals surface area contributed by atoms with Crippen molar-refractivity contribution < 1.29 is 17.7 Å². The van der Waals surface area contributed by atoms with Crippen LogP contribution < -0.4 is 4.57 Å². The van der Waals surface area contributed by atoms with Gasteiger partial charge in [-0.15, -0.1) is 0 Å². The molecule has 7 heteroatoms. The fourth-order valence-corrected chi connectivity index (χ4v) is 1.67. The van der Waals surface area contributed by atoms with Crippen molar-refractivity contribution in [2.24, 2.45) is 0 Å². The van der Waals surface area contributed by atoms with Gasteiger partial charge in [-0.3, -0.25) is 0 Å². The van der Waals surface area contributed by atoms with Crippen LogP contribution in [0.1, 0.15) is 12.8 Å². The first kappa shape index (κ1) is 12.7. The normalized spacial score (nSPS) is 11.9. The molecule has 98 valence electrons. The van der Waals surface area contributed by atoms with E-state index < -0.39 is 12.6 Å². The first-order valence-electron chi connectivity index (χ1n) is 5.62. The molecule has 0 saturated carbocycles.